The molecule has 2 fully saturated rings. The second-order valence-electron chi connectivity index (χ2n) is 7.39. The van der Waals surface area contributed by atoms with Crippen LogP contribution in [0.5, 0.6) is 0 Å². The quantitative estimate of drug-likeness (QED) is 0.701. The zero-order valence-electron chi connectivity index (χ0n) is 16.5. The molecule has 7 heteroatoms. The van der Waals surface area contributed by atoms with Gasteiger partial charge in [-0.15, -0.1) is 11.8 Å². The minimum Gasteiger partial charge on any atom is -0.447 e. The van der Waals surface area contributed by atoms with Gasteiger partial charge in [0, 0.05) is 25.7 Å². The normalized spacial score (nSPS) is 20.5. The van der Waals surface area contributed by atoms with Gasteiger partial charge in [-0.3, -0.25) is 9.80 Å². The summed E-state index contributed by atoms with van der Waals surface area (Å²) in [6.45, 7) is 3.01. The van der Waals surface area contributed by atoms with Gasteiger partial charge in [0.1, 0.15) is 17.7 Å². The fourth-order valence-electron chi connectivity index (χ4n) is 4.16. The molecule has 6 nitrogen and oxygen atoms in total. The van der Waals surface area contributed by atoms with Gasteiger partial charge in [0.05, 0.1) is 17.3 Å². The first-order valence-electron chi connectivity index (χ1n) is 9.86. The molecule has 0 spiro atoms. The third kappa shape index (κ3) is 4.24. The molecule has 0 radical (unpaired) electrons. The number of benzene rings is 1. The molecule has 1 atom stereocenters. The summed E-state index contributed by atoms with van der Waals surface area (Å²) in [6.07, 6.45) is 3.58. The molecule has 2 aromatic rings. The number of piperidine rings is 1. The number of nitriles is 1. The monoisotopic (exact) mass is 408 g/mol. The van der Waals surface area contributed by atoms with E-state index in [1.165, 1.54) is 11.8 Å². The van der Waals surface area contributed by atoms with Crippen LogP contribution in [0.4, 0.5) is 4.79 Å². The van der Waals surface area contributed by atoms with E-state index < -0.39 is 0 Å². The molecule has 0 aliphatic carbocycles. The number of thioether (sulfide) groups is 1. The summed E-state index contributed by atoms with van der Waals surface area (Å²) in [5.41, 5.74) is 2.74. The lowest BCUT2D eigenvalue weighted by atomic mass is 9.99. The Morgan fingerprint density at radius 3 is 2.66 bits per heavy atom. The van der Waals surface area contributed by atoms with E-state index in [4.69, 9.17) is 10.00 Å². The van der Waals surface area contributed by atoms with Crippen molar-refractivity contribution in [3.63, 3.8) is 0 Å². The van der Waals surface area contributed by atoms with E-state index >= 15 is 0 Å². The Morgan fingerprint density at radius 1 is 1.21 bits per heavy atom. The van der Waals surface area contributed by atoms with E-state index in [9.17, 15) is 4.79 Å². The maximum Gasteiger partial charge on any atom is 0.410 e. The first-order chi connectivity index (χ1) is 14.2. The molecule has 150 valence electrons. The average Bonchev–Trinajstić information content (AvgIpc) is 3.16. The highest BCUT2D eigenvalue weighted by Gasteiger charge is 2.40. The first kappa shape index (κ1) is 19.7. The van der Waals surface area contributed by atoms with Gasteiger partial charge in [-0.2, -0.15) is 5.26 Å². The molecule has 0 saturated carbocycles. The molecular formula is C22H24N4O2S. The number of likely N-dealkylation sites (tertiary alicyclic amines) is 1. The zero-order chi connectivity index (χ0) is 20.2. The third-order valence-corrected chi connectivity index (χ3v) is 6.36. The number of carbonyl (C=O) groups excluding carboxylic acids is 1. The van der Waals surface area contributed by atoms with Crippen LogP contribution in [0.2, 0.25) is 0 Å². The molecule has 4 rings (SSSR count). The average molecular weight is 409 g/mol. The van der Waals surface area contributed by atoms with Crippen molar-refractivity contribution in [2.24, 2.45) is 0 Å². The van der Waals surface area contributed by atoms with Crippen LogP contribution in [0.3, 0.4) is 0 Å². The van der Waals surface area contributed by atoms with Gasteiger partial charge in [-0.05, 0) is 36.8 Å². The summed E-state index contributed by atoms with van der Waals surface area (Å²) >= 11 is 1.50. The Balaban J connectivity index is 1.39. The van der Waals surface area contributed by atoms with Gasteiger partial charge in [-0.1, -0.05) is 30.3 Å². The number of aromatic nitrogens is 1. The van der Waals surface area contributed by atoms with Crippen LogP contribution in [0, 0.1) is 11.3 Å². The maximum absolute atomic E-state index is 12.4. The number of ether oxygens (including phenoxy) is 1. The van der Waals surface area contributed by atoms with Crippen molar-refractivity contribution < 1.29 is 9.53 Å². The predicted molar refractivity (Wildman–Crippen MR) is 111 cm³/mol. The molecule has 2 aliphatic rings. The molecule has 0 N–H and O–H groups in total. The summed E-state index contributed by atoms with van der Waals surface area (Å²) in [5, 5.41) is 9.95. The summed E-state index contributed by atoms with van der Waals surface area (Å²) in [4.78, 5) is 21.4. The largest absolute Gasteiger partial charge is 0.447 e. The molecule has 2 aliphatic heterocycles. The fraction of sp³-hybridized carbons (Fsp3) is 0.409. The van der Waals surface area contributed by atoms with Crippen LogP contribution in [0.15, 0.2) is 47.5 Å². The van der Waals surface area contributed by atoms with E-state index in [-0.39, 0.29) is 18.2 Å². The highest BCUT2D eigenvalue weighted by atomic mass is 32.2. The topological polar surface area (TPSA) is 69.5 Å². The molecule has 1 amide bonds. The van der Waals surface area contributed by atoms with Crippen LogP contribution < -0.4 is 0 Å². The second kappa shape index (κ2) is 8.85. The summed E-state index contributed by atoms with van der Waals surface area (Å²) in [5.74, 6) is 0. The first-order valence-corrected chi connectivity index (χ1v) is 11.1. The number of cyclic esters (lactones) is 1. The van der Waals surface area contributed by atoms with E-state index in [1.807, 2.05) is 41.5 Å². The van der Waals surface area contributed by atoms with Crippen molar-refractivity contribution >= 4 is 17.9 Å². The Kier molecular flexibility index (Phi) is 6.02. The SMILES string of the molecule is CSc1nc(CN2CCC(N3C(=O)OCC3c3ccccc3)CC2)ccc1C#N. The van der Waals surface area contributed by atoms with Gasteiger partial charge < -0.3 is 4.74 Å². The minimum absolute atomic E-state index is 0.00424. The smallest absolute Gasteiger partial charge is 0.410 e. The minimum atomic E-state index is -0.198. The van der Waals surface area contributed by atoms with Crippen LogP contribution in [0.1, 0.15) is 35.7 Å². The predicted octanol–water partition coefficient (Wildman–Crippen LogP) is 3.83. The van der Waals surface area contributed by atoms with Gasteiger partial charge in [-0.25, -0.2) is 9.78 Å². The third-order valence-electron chi connectivity index (χ3n) is 5.66. The number of rotatable bonds is 5. The number of nitrogens with zero attached hydrogens (tertiary/aromatic N) is 4. The zero-order valence-corrected chi connectivity index (χ0v) is 17.3. The van der Waals surface area contributed by atoms with E-state index in [0.29, 0.717) is 12.2 Å². The number of amides is 1. The maximum atomic E-state index is 12.4. The molecular weight excluding hydrogens is 384 g/mol. The van der Waals surface area contributed by atoms with Crippen LogP contribution in [0.25, 0.3) is 0 Å². The number of hydrogen-bond acceptors (Lipinski definition) is 6. The number of pyridine rings is 1. The van der Waals surface area contributed by atoms with Crippen molar-refractivity contribution in [2.45, 2.75) is 36.5 Å². The summed E-state index contributed by atoms with van der Waals surface area (Å²) in [6, 6.07) is 16.3. The van der Waals surface area contributed by atoms with Crippen molar-refractivity contribution in [3.8, 4) is 6.07 Å². The Hall–Kier alpha value is -2.56. The second-order valence-corrected chi connectivity index (χ2v) is 8.18. The van der Waals surface area contributed by atoms with Gasteiger partial charge >= 0.3 is 6.09 Å². The van der Waals surface area contributed by atoms with Crippen LogP contribution >= 0.6 is 11.8 Å². The van der Waals surface area contributed by atoms with Gasteiger partial charge in [0.25, 0.3) is 0 Å². The Morgan fingerprint density at radius 2 is 1.97 bits per heavy atom. The van der Waals surface area contributed by atoms with Crippen molar-refractivity contribution in [1.82, 2.24) is 14.8 Å². The fourth-order valence-corrected chi connectivity index (χ4v) is 4.70. The van der Waals surface area contributed by atoms with Gasteiger partial charge in [0.15, 0.2) is 0 Å². The molecule has 1 aromatic heterocycles. The molecule has 1 unspecified atom stereocenters. The summed E-state index contributed by atoms with van der Waals surface area (Å²) < 4.78 is 5.39. The van der Waals surface area contributed by atoms with Crippen LogP contribution in [-0.4, -0.2) is 52.9 Å². The van der Waals surface area contributed by atoms with Crippen molar-refractivity contribution in [2.75, 3.05) is 26.0 Å². The summed E-state index contributed by atoms with van der Waals surface area (Å²) in [7, 11) is 0. The van der Waals surface area contributed by atoms with E-state index in [1.54, 1.807) is 0 Å². The van der Waals surface area contributed by atoms with Gasteiger partial charge in [0.2, 0.25) is 0 Å². The van der Waals surface area contributed by atoms with Crippen LogP contribution in [-0.2, 0) is 11.3 Å². The molecule has 2 saturated heterocycles. The Labute approximate surface area is 175 Å². The van der Waals surface area contributed by atoms with Crippen molar-refractivity contribution in [3.05, 3.63) is 59.3 Å². The van der Waals surface area contributed by atoms with Crippen molar-refractivity contribution in [1.29, 1.82) is 5.26 Å². The lowest BCUT2D eigenvalue weighted by Crippen LogP contribution is -2.46. The lowest BCUT2D eigenvalue weighted by Gasteiger charge is -2.37. The van der Waals surface area contributed by atoms with E-state index in [2.05, 4.69) is 28.1 Å². The highest BCUT2D eigenvalue weighted by Crippen LogP contribution is 2.33. The Bertz CT molecular complexity index is 907. The highest BCUT2D eigenvalue weighted by molar-refractivity contribution is 7.98. The number of carbonyl (C=O) groups is 1. The molecule has 3 heterocycles. The molecule has 29 heavy (non-hydrogen) atoms. The molecule has 1 aromatic carbocycles. The standard InChI is InChI=1S/C22H24N4O2S/c1-29-21-17(13-23)7-8-18(24-21)14-25-11-9-19(10-12-25)26-20(15-28-22(26)27)16-5-3-2-4-6-16/h2-8,19-20H,9-12,14-15H2,1H3. The molecule has 0 bridgehead atoms. The number of hydrogen-bond donors (Lipinski definition) is 0. The lowest BCUT2D eigenvalue weighted by molar-refractivity contribution is 0.103. The van der Waals surface area contributed by atoms with E-state index in [0.717, 1.165) is 48.8 Å².